The van der Waals surface area contributed by atoms with Gasteiger partial charge < -0.3 is 10.1 Å². The quantitative estimate of drug-likeness (QED) is 0.245. The molecule has 0 bridgehead atoms. The first-order valence-electron chi connectivity index (χ1n) is 12.4. The molecule has 4 aromatic rings. The average Bonchev–Trinajstić information content (AvgIpc) is 2.90. The van der Waals surface area contributed by atoms with E-state index in [9.17, 15) is 13.2 Å². The van der Waals surface area contributed by atoms with Crippen LogP contribution >= 0.6 is 0 Å². The summed E-state index contributed by atoms with van der Waals surface area (Å²) in [5, 5.41) is 4.26. The van der Waals surface area contributed by atoms with Gasteiger partial charge in [0.15, 0.2) is 0 Å². The average molecular weight is 517 g/mol. The van der Waals surface area contributed by atoms with E-state index in [1.807, 2.05) is 44.2 Å². The summed E-state index contributed by atoms with van der Waals surface area (Å²) >= 11 is 0. The summed E-state index contributed by atoms with van der Waals surface area (Å²) in [5.74, 6) is 0.284. The van der Waals surface area contributed by atoms with Crippen LogP contribution in [0.25, 0.3) is 10.8 Å². The van der Waals surface area contributed by atoms with Gasteiger partial charge in [0.1, 0.15) is 12.3 Å². The van der Waals surface area contributed by atoms with Gasteiger partial charge in [-0.2, -0.15) is 0 Å². The van der Waals surface area contributed by atoms with Crippen molar-refractivity contribution in [2.75, 3.05) is 22.8 Å². The number of carbonyl (C=O) groups excluding carboxylic acids is 1. The summed E-state index contributed by atoms with van der Waals surface area (Å²) < 4.78 is 35.1. The molecule has 4 rings (SSSR count). The molecule has 1 N–H and O–H groups in total. The molecule has 7 heteroatoms. The molecular weight excluding hydrogens is 484 g/mol. The van der Waals surface area contributed by atoms with Gasteiger partial charge in [-0.25, -0.2) is 8.42 Å². The summed E-state index contributed by atoms with van der Waals surface area (Å²) in [6, 6.07) is 25.1. The third-order valence-corrected chi connectivity index (χ3v) is 8.17. The lowest BCUT2D eigenvalue weighted by molar-refractivity contribution is -0.114. The fourth-order valence-electron chi connectivity index (χ4n) is 4.14. The maximum absolute atomic E-state index is 14.1. The number of carbonyl (C=O) groups is 1. The van der Waals surface area contributed by atoms with E-state index in [0.717, 1.165) is 35.1 Å². The minimum Gasteiger partial charge on any atom is -0.494 e. The number of rotatable bonds is 10. The molecule has 0 radical (unpaired) electrons. The van der Waals surface area contributed by atoms with Gasteiger partial charge in [0.25, 0.3) is 10.0 Å². The van der Waals surface area contributed by atoms with E-state index < -0.39 is 15.9 Å². The molecule has 0 atom stereocenters. The van der Waals surface area contributed by atoms with Crippen molar-refractivity contribution in [2.45, 2.75) is 38.5 Å². The van der Waals surface area contributed by atoms with Crippen LogP contribution in [0.15, 0.2) is 89.8 Å². The third-order valence-electron chi connectivity index (χ3n) is 6.35. The van der Waals surface area contributed by atoms with Crippen molar-refractivity contribution in [2.24, 2.45) is 0 Å². The number of fused-ring (bicyclic) bond motifs is 1. The van der Waals surface area contributed by atoms with Crippen molar-refractivity contribution >= 4 is 38.1 Å². The first-order valence-corrected chi connectivity index (χ1v) is 13.8. The molecule has 0 fully saturated rings. The Morgan fingerprint density at radius 2 is 1.59 bits per heavy atom. The predicted octanol–water partition coefficient (Wildman–Crippen LogP) is 6.47. The van der Waals surface area contributed by atoms with Gasteiger partial charge >= 0.3 is 0 Å². The largest absolute Gasteiger partial charge is 0.494 e. The molecule has 0 saturated heterocycles. The van der Waals surface area contributed by atoms with Crippen LogP contribution in [-0.4, -0.2) is 27.5 Å². The molecule has 0 spiro atoms. The van der Waals surface area contributed by atoms with E-state index in [2.05, 4.69) is 12.2 Å². The lowest BCUT2D eigenvalue weighted by atomic mass is 10.1. The summed E-state index contributed by atoms with van der Waals surface area (Å²) in [4.78, 5) is 13.3. The highest BCUT2D eigenvalue weighted by molar-refractivity contribution is 7.93. The Kier molecular flexibility index (Phi) is 8.14. The number of anilines is 2. The van der Waals surface area contributed by atoms with Crippen LogP contribution in [-0.2, 0) is 14.8 Å². The number of sulfonamides is 1. The van der Waals surface area contributed by atoms with E-state index in [4.69, 9.17) is 4.74 Å². The van der Waals surface area contributed by atoms with Crippen LogP contribution in [0.1, 0.15) is 30.9 Å². The van der Waals surface area contributed by atoms with Gasteiger partial charge in [0.2, 0.25) is 5.91 Å². The minimum absolute atomic E-state index is 0.160. The number of hydrogen-bond acceptors (Lipinski definition) is 4. The summed E-state index contributed by atoms with van der Waals surface area (Å²) in [6.07, 6.45) is 2.02. The summed E-state index contributed by atoms with van der Waals surface area (Å²) in [5.41, 5.74) is 2.78. The normalized spacial score (nSPS) is 11.3. The zero-order chi connectivity index (χ0) is 26.4. The zero-order valence-corrected chi connectivity index (χ0v) is 22.2. The zero-order valence-electron chi connectivity index (χ0n) is 21.4. The SMILES string of the molecule is CCCCOc1ccc(NC(=O)CN(c2cccc(C)c2C)S(=O)(=O)c2cccc3ccccc23)cc1. The predicted molar refractivity (Wildman–Crippen MR) is 150 cm³/mol. The Morgan fingerprint density at radius 3 is 2.35 bits per heavy atom. The second kappa shape index (κ2) is 11.5. The Hall–Kier alpha value is -3.84. The van der Waals surface area contributed by atoms with Crippen LogP contribution in [0.2, 0.25) is 0 Å². The van der Waals surface area contributed by atoms with Crippen molar-refractivity contribution in [3.63, 3.8) is 0 Å². The molecule has 0 heterocycles. The topological polar surface area (TPSA) is 75.7 Å². The molecular formula is C30H32N2O4S. The van der Waals surface area contributed by atoms with Crippen LogP contribution in [0.5, 0.6) is 5.75 Å². The highest BCUT2D eigenvalue weighted by atomic mass is 32.2. The lowest BCUT2D eigenvalue weighted by Crippen LogP contribution is -2.38. The van der Waals surface area contributed by atoms with Gasteiger partial charge in [0, 0.05) is 11.1 Å². The van der Waals surface area contributed by atoms with Crippen molar-refractivity contribution in [3.8, 4) is 5.75 Å². The van der Waals surface area contributed by atoms with E-state index in [-0.39, 0.29) is 11.4 Å². The standard InChI is InChI=1S/C30H32N2O4S/c1-4-5-20-36-26-18-16-25(17-19-26)31-30(33)21-32(28-14-8-10-22(2)23(28)3)37(34,35)29-15-9-12-24-11-6-7-13-27(24)29/h6-19H,4-5,20-21H2,1-3H3,(H,31,33). The molecule has 6 nitrogen and oxygen atoms in total. The number of hydrogen-bond donors (Lipinski definition) is 1. The highest BCUT2D eigenvalue weighted by Crippen LogP contribution is 2.32. The second-order valence-corrected chi connectivity index (χ2v) is 10.8. The number of ether oxygens (including phenoxy) is 1. The van der Waals surface area contributed by atoms with Crippen molar-refractivity contribution in [3.05, 3.63) is 96.1 Å². The van der Waals surface area contributed by atoms with Gasteiger partial charge in [-0.3, -0.25) is 9.10 Å². The molecule has 4 aromatic carbocycles. The Labute approximate surface area is 218 Å². The molecule has 0 saturated carbocycles. The molecule has 0 unspecified atom stereocenters. The fourth-order valence-corrected chi connectivity index (χ4v) is 5.84. The summed E-state index contributed by atoms with van der Waals surface area (Å²) in [7, 11) is -4.07. The number of benzene rings is 4. The van der Waals surface area contributed by atoms with Gasteiger partial charge in [-0.1, -0.05) is 61.9 Å². The molecule has 1 amide bonds. The van der Waals surface area contributed by atoms with Crippen LogP contribution < -0.4 is 14.4 Å². The number of unbranched alkanes of at least 4 members (excludes halogenated alkanes) is 1. The third kappa shape index (κ3) is 5.94. The van der Waals surface area contributed by atoms with Gasteiger partial charge in [-0.05, 0) is 73.2 Å². The van der Waals surface area contributed by atoms with Crippen molar-refractivity contribution in [1.82, 2.24) is 0 Å². The molecule has 0 aliphatic carbocycles. The maximum Gasteiger partial charge on any atom is 0.265 e. The van der Waals surface area contributed by atoms with E-state index in [1.165, 1.54) is 4.31 Å². The van der Waals surface area contributed by atoms with Crippen LogP contribution in [0.4, 0.5) is 11.4 Å². The van der Waals surface area contributed by atoms with Gasteiger partial charge in [-0.15, -0.1) is 0 Å². The first kappa shape index (κ1) is 26.2. The van der Waals surface area contributed by atoms with E-state index >= 15 is 0 Å². The van der Waals surface area contributed by atoms with Crippen LogP contribution in [0, 0.1) is 13.8 Å². The number of nitrogens with zero attached hydrogens (tertiary/aromatic N) is 1. The number of aryl methyl sites for hydroxylation is 1. The summed E-state index contributed by atoms with van der Waals surface area (Å²) in [6.45, 7) is 6.16. The smallest absolute Gasteiger partial charge is 0.265 e. The minimum atomic E-state index is -4.07. The monoisotopic (exact) mass is 516 g/mol. The van der Waals surface area contributed by atoms with Gasteiger partial charge in [0.05, 0.1) is 17.2 Å². The van der Waals surface area contributed by atoms with Crippen molar-refractivity contribution < 1.29 is 17.9 Å². The molecule has 0 aromatic heterocycles. The van der Waals surface area contributed by atoms with E-state index in [0.29, 0.717) is 23.4 Å². The molecule has 37 heavy (non-hydrogen) atoms. The molecule has 0 aliphatic heterocycles. The Bertz CT molecular complexity index is 1490. The second-order valence-electron chi connectivity index (χ2n) is 8.98. The molecule has 192 valence electrons. The maximum atomic E-state index is 14.1. The number of amides is 1. The lowest BCUT2D eigenvalue weighted by Gasteiger charge is -2.27. The Balaban J connectivity index is 1.65. The first-order chi connectivity index (χ1) is 17.8. The fraction of sp³-hybridized carbons (Fsp3) is 0.233. The Morgan fingerprint density at radius 1 is 0.892 bits per heavy atom. The highest BCUT2D eigenvalue weighted by Gasteiger charge is 2.30. The van der Waals surface area contributed by atoms with Crippen molar-refractivity contribution in [1.29, 1.82) is 0 Å². The molecule has 0 aliphatic rings. The van der Waals surface area contributed by atoms with Crippen LogP contribution in [0.3, 0.4) is 0 Å². The number of nitrogens with one attached hydrogen (secondary N) is 1. The van der Waals surface area contributed by atoms with E-state index in [1.54, 1.807) is 54.6 Å².